The molecule has 0 spiro atoms. The maximum atomic E-state index is 12.2. The SMILES string of the molecule is COc1ccc(/C=N/NC(=O)CSc2cc(C)nc3ccc(C)cc23)c(OC)c1. The first kappa shape index (κ1) is 20.7. The number of fused-ring (bicyclic) bond motifs is 1. The van der Waals surface area contributed by atoms with Gasteiger partial charge in [-0.05, 0) is 44.2 Å². The Morgan fingerprint density at radius 2 is 1.97 bits per heavy atom. The summed E-state index contributed by atoms with van der Waals surface area (Å²) in [6.45, 7) is 4.00. The fraction of sp³-hybridized carbons (Fsp3) is 0.227. The van der Waals surface area contributed by atoms with Crippen LogP contribution in [-0.4, -0.2) is 37.1 Å². The number of rotatable bonds is 7. The van der Waals surface area contributed by atoms with E-state index in [1.165, 1.54) is 11.8 Å². The lowest BCUT2D eigenvalue weighted by Gasteiger charge is -2.08. The second-order valence-corrected chi connectivity index (χ2v) is 7.49. The van der Waals surface area contributed by atoms with E-state index in [0.29, 0.717) is 11.5 Å². The Labute approximate surface area is 174 Å². The van der Waals surface area contributed by atoms with Crippen LogP contribution in [0.1, 0.15) is 16.8 Å². The van der Waals surface area contributed by atoms with Crippen LogP contribution >= 0.6 is 11.8 Å². The molecule has 6 nitrogen and oxygen atoms in total. The molecule has 0 saturated carbocycles. The lowest BCUT2D eigenvalue weighted by molar-refractivity contribution is -0.118. The molecule has 0 atom stereocenters. The normalized spacial score (nSPS) is 11.0. The van der Waals surface area contributed by atoms with E-state index in [2.05, 4.69) is 21.6 Å². The molecule has 1 N–H and O–H groups in total. The summed E-state index contributed by atoms with van der Waals surface area (Å²) in [4.78, 5) is 17.8. The zero-order valence-electron chi connectivity index (χ0n) is 16.9. The summed E-state index contributed by atoms with van der Waals surface area (Å²) in [6, 6.07) is 13.5. The third-order valence-corrected chi connectivity index (χ3v) is 5.30. The van der Waals surface area contributed by atoms with Crippen molar-refractivity contribution in [2.45, 2.75) is 18.7 Å². The van der Waals surface area contributed by atoms with Crippen molar-refractivity contribution in [1.82, 2.24) is 10.4 Å². The van der Waals surface area contributed by atoms with Crippen molar-refractivity contribution in [3.05, 3.63) is 59.3 Å². The number of nitrogens with zero attached hydrogens (tertiary/aromatic N) is 2. The topological polar surface area (TPSA) is 72.8 Å². The van der Waals surface area contributed by atoms with E-state index in [1.807, 2.05) is 38.1 Å². The standard InChI is InChI=1S/C22H23N3O3S/c1-14-5-8-19-18(9-14)21(10-15(2)24-19)29-13-22(26)25-23-12-16-6-7-17(27-3)11-20(16)28-4/h5-12H,13H2,1-4H3,(H,25,26)/b23-12+. The van der Waals surface area contributed by atoms with Crippen molar-refractivity contribution in [3.8, 4) is 11.5 Å². The quantitative estimate of drug-likeness (QED) is 0.361. The number of nitrogens with one attached hydrogen (secondary N) is 1. The molecule has 7 heteroatoms. The van der Waals surface area contributed by atoms with E-state index in [4.69, 9.17) is 9.47 Å². The summed E-state index contributed by atoms with van der Waals surface area (Å²) in [6.07, 6.45) is 1.55. The summed E-state index contributed by atoms with van der Waals surface area (Å²) < 4.78 is 10.5. The molecule has 2 aromatic carbocycles. The zero-order valence-corrected chi connectivity index (χ0v) is 17.7. The minimum absolute atomic E-state index is 0.186. The molecular formula is C22H23N3O3S. The highest BCUT2D eigenvalue weighted by atomic mass is 32.2. The van der Waals surface area contributed by atoms with E-state index in [0.717, 1.165) is 32.6 Å². The minimum Gasteiger partial charge on any atom is -0.497 e. The van der Waals surface area contributed by atoms with Crippen LogP contribution in [0, 0.1) is 13.8 Å². The molecule has 0 unspecified atom stereocenters. The zero-order chi connectivity index (χ0) is 20.8. The van der Waals surface area contributed by atoms with Gasteiger partial charge < -0.3 is 9.47 Å². The van der Waals surface area contributed by atoms with Crippen molar-refractivity contribution >= 4 is 34.8 Å². The van der Waals surface area contributed by atoms with Gasteiger partial charge in [0.25, 0.3) is 0 Å². The van der Waals surface area contributed by atoms with Gasteiger partial charge in [0.15, 0.2) is 0 Å². The van der Waals surface area contributed by atoms with E-state index >= 15 is 0 Å². The summed E-state index contributed by atoms with van der Waals surface area (Å²) >= 11 is 1.47. The molecule has 0 aliphatic carbocycles. The molecule has 1 heterocycles. The number of pyridine rings is 1. The van der Waals surface area contributed by atoms with Gasteiger partial charge in [-0.1, -0.05) is 11.6 Å². The number of carbonyl (C=O) groups excluding carboxylic acids is 1. The highest BCUT2D eigenvalue weighted by Crippen LogP contribution is 2.28. The number of aryl methyl sites for hydroxylation is 2. The molecule has 0 bridgehead atoms. The molecule has 0 saturated heterocycles. The van der Waals surface area contributed by atoms with Gasteiger partial charge in [0.1, 0.15) is 11.5 Å². The van der Waals surface area contributed by atoms with Gasteiger partial charge in [-0.25, -0.2) is 5.43 Å². The Hall–Kier alpha value is -3.06. The van der Waals surface area contributed by atoms with Crippen LogP contribution in [0.15, 0.2) is 52.5 Å². The molecule has 0 aliphatic rings. The fourth-order valence-electron chi connectivity index (χ4n) is 2.83. The third-order valence-electron chi connectivity index (χ3n) is 4.25. The number of hydrogen-bond donors (Lipinski definition) is 1. The first-order valence-corrected chi connectivity index (χ1v) is 10.0. The van der Waals surface area contributed by atoms with Crippen molar-refractivity contribution in [2.24, 2.45) is 5.10 Å². The smallest absolute Gasteiger partial charge is 0.250 e. The summed E-state index contributed by atoms with van der Waals surface area (Å²) in [5, 5.41) is 5.10. The first-order chi connectivity index (χ1) is 14.0. The van der Waals surface area contributed by atoms with E-state index in [1.54, 1.807) is 32.6 Å². The lowest BCUT2D eigenvalue weighted by atomic mass is 10.1. The van der Waals surface area contributed by atoms with Gasteiger partial charge in [0.05, 0.1) is 31.7 Å². The maximum absolute atomic E-state index is 12.2. The summed E-state index contributed by atoms with van der Waals surface area (Å²) in [7, 11) is 3.17. The lowest BCUT2D eigenvalue weighted by Crippen LogP contribution is -2.19. The fourth-order valence-corrected chi connectivity index (χ4v) is 3.75. The average Bonchev–Trinajstić information content (AvgIpc) is 2.72. The van der Waals surface area contributed by atoms with Gasteiger partial charge in [-0.15, -0.1) is 11.8 Å². The maximum Gasteiger partial charge on any atom is 0.250 e. The van der Waals surface area contributed by atoms with Gasteiger partial charge in [-0.3, -0.25) is 9.78 Å². The molecule has 29 heavy (non-hydrogen) atoms. The number of hydrogen-bond acceptors (Lipinski definition) is 6. The van der Waals surface area contributed by atoms with Crippen molar-refractivity contribution < 1.29 is 14.3 Å². The monoisotopic (exact) mass is 409 g/mol. The number of thioether (sulfide) groups is 1. The molecule has 0 fully saturated rings. The highest BCUT2D eigenvalue weighted by Gasteiger charge is 2.08. The number of amides is 1. The first-order valence-electron chi connectivity index (χ1n) is 9.05. The van der Waals surface area contributed by atoms with Crippen LogP contribution in [-0.2, 0) is 4.79 Å². The van der Waals surface area contributed by atoms with E-state index in [9.17, 15) is 4.79 Å². The highest BCUT2D eigenvalue weighted by molar-refractivity contribution is 8.00. The summed E-state index contributed by atoms with van der Waals surface area (Å²) in [5.74, 6) is 1.37. The van der Waals surface area contributed by atoms with Crippen molar-refractivity contribution in [3.63, 3.8) is 0 Å². The molecular weight excluding hydrogens is 386 g/mol. The number of hydrazone groups is 1. The van der Waals surface area contributed by atoms with Gasteiger partial charge >= 0.3 is 0 Å². The van der Waals surface area contributed by atoms with Crippen molar-refractivity contribution in [2.75, 3.05) is 20.0 Å². The Kier molecular flexibility index (Phi) is 6.72. The Morgan fingerprint density at radius 3 is 2.72 bits per heavy atom. The summed E-state index contributed by atoms with van der Waals surface area (Å²) in [5.41, 5.74) is 6.32. The molecule has 0 aliphatic heterocycles. The second kappa shape index (κ2) is 9.43. The Morgan fingerprint density at radius 1 is 1.14 bits per heavy atom. The van der Waals surface area contributed by atoms with Crippen LogP contribution < -0.4 is 14.9 Å². The van der Waals surface area contributed by atoms with E-state index in [-0.39, 0.29) is 11.7 Å². The molecule has 1 aromatic heterocycles. The van der Waals surface area contributed by atoms with Crippen LogP contribution in [0.5, 0.6) is 11.5 Å². The van der Waals surface area contributed by atoms with Crippen LogP contribution in [0.2, 0.25) is 0 Å². The predicted octanol–water partition coefficient (Wildman–Crippen LogP) is 4.11. The number of ether oxygens (including phenoxy) is 2. The molecule has 3 aromatic rings. The Bertz CT molecular complexity index is 1070. The number of benzene rings is 2. The van der Waals surface area contributed by atoms with Crippen molar-refractivity contribution in [1.29, 1.82) is 0 Å². The van der Waals surface area contributed by atoms with Gasteiger partial charge in [0, 0.05) is 27.6 Å². The number of carbonyl (C=O) groups is 1. The average molecular weight is 410 g/mol. The second-order valence-electron chi connectivity index (χ2n) is 6.47. The van der Waals surface area contributed by atoms with Crippen LogP contribution in [0.25, 0.3) is 10.9 Å². The third kappa shape index (κ3) is 5.26. The van der Waals surface area contributed by atoms with E-state index < -0.39 is 0 Å². The largest absolute Gasteiger partial charge is 0.497 e. The molecule has 0 radical (unpaired) electrons. The molecule has 1 amide bonds. The number of methoxy groups -OCH3 is 2. The van der Waals surface area contributed by atoms with Crippen LogP contribution in [0.4, 0.5) is 0 Å². The minimum atomic E-state index is -0.186. The van der Waals surface area contributed by atoms with Gasteiger partial charge in [-0.2, -0.15) is 5.10 Å². The van der Waals surface area contributed by atoms with Gasteiger partial charge in [0.2, 0.25) is 5.91 Å². The Balaban J connectivity index is 1.64. The predicted molar refractivity (Wildman–Crippen MR) is 117 cm³/mol. The molecule has 3 rings (SSSR count). The van der Waals surface area contributed by atoms with Crippen LogP contribution in [0.3, 0.4) is 0 Å². The number of aromatic nitrogens is 1. The molecule has 150 valence electrons.